The molecule has 3 rings (SSSR count). The molecule has 1 aromatic carbocycles. The highest BCUT2D eigenvalue weighted by Gasteiger charge is 2.26. The zero-order valence-corrected chi connectivity index (χ0v) is 14.2. The van der Waals surface area contributed by atoms with Crippen molar-refractivity contribution in [2.45, 2.75) is 31.7 Å². The molecule has 0 aliphatic heterocycles. The second kappa shape index (κ2) is 7.81. The highest BCUT2D eigenvalue weighted by Crippen LogP contribution is 2.27. The van der Waals surface area contributed by atoms with Crippen LogP contribution >= 0.6 is 24.0 Å². The molecule has 3 N–H and O–H groups in total. The van der Waals surface area contributed by atoms with Gasteiger partial charge in [0.1, 0.15) is 5.82 Å². The standard InChI is InChI=1S/C16H19ClN4O.ClH/c17-12-4-2-5-13(10-12)21-15(7-8-19-21)20-16(22)9-11-3-1-6-14(11)18;/h2,4-5,7-8,10-11,14H,1,3,6,9,18H2,(H,20,22);1H/t11-,14+;/m0./s1. The Balaban J connectivity index is 0.00000192. The Morgan fingerprint density at radius 2 is 2.22 bits per heavy atom. The van der Waals surface area contributed by atoms with Gasteiger partial charge in [-0.05, 0) is 37.0 Å². The minimum Gasteiger partial charge on any atom is -0.327 e. The van der Waals surface area contributed by atoms with Crippen molar-refractivity contribution in [3.63, 3.8) is 0 Å². The molecule has 2 atom stereocenters. The van der Waals surface area contributed by atoms with Crippen LogP contribution in [0.4, 0.5) is 5.82 Å². The van der Waals surface area contributed by atoms with E-state index < -0.39 is 0 Å². The van der Waals surface area contributed by atoms with Gasteiger partial charge in [-0.3, -0.25) is 4.79 Å². The molecule has 0 unspecified atom stereocenters. The molecule has 124 valence electrons. The number of nitrogens with two attached hydrogens (primary N) is 1. The Morgan fingerprint density at radius 3 is 2.91 bits per heavy atom. The molecule has 1 saturated carbocycles. The number of hydrogen-bond donors (Lipinski definition) is 2. The van der Waals surface area contributed by atoms with Crippen LogP contribution in [-0.4, -0.2) is 21.7 Å². The predicted molar refractivity (Wildman–Crippen MR) is 94.4 cm³/mol. The fraction of sp³-hybridized carbons (Fsp3) is 0.375. The Labute approximate surface area is 146 Å². The highest BCUT2D eigenvalue weighted by molar-refractivity contribution is 6.30. The summed E-state index contributed by atoms with van der Waals surface area (Å²) < 4.78 is 1.67. The molecular weight excluding hydrogens is 335 g/mol. The van der Waals surface area contributed by atoms with Crippen molar-refractivity contribution in [2.75, 3.05) is 5.32 Å². The Hall–Kier alpha value is -1.56. The Morgan fingerprint density at radius 1 is 1.39 bits per heavy atom. The molecule has 0 spiro atoms. The maximum absolute atomic E-state index is 12.2. The van der Waals surface area contributed by atoms with E-state index in [1.54, 1.807) is 29.1 Å². The predicted octanol–water partition coefficient (Wildman–Crippen LogP) is 3.40. The lowest BCUT2D eigenvalue weighted by atomic mass is 10.00. The third kappa shape index (κ3) is 4.25. The minimum atomic E-state index is -0.0221. The van der Waals surface area contributed by atoms with Crippen LogP contribution in [0.15, 0.2) is 36.5 Å². The summed E-state index contributed by atoms with van der Waals surface area (Å²) in [6, 6.07) is 9.26. The summed E-state index contributed by atoms with van der Waals surface area (Å²) in [7, 11) is 0. The number of carbonyl (C=O) groups is 1. The van der Waals surface area contributed by atoms with Gasteiger partial charge in [0.2, 0.25) is 5.91 Å². The number of aromatic nitrogens is 2. The van der Waals surface area contributed by atoms with Gasteiger partial charge in [0.25, 0.3) is 0 Å². The number of rotatable bonds is 4. The van der Waals surface area contributed by atoms with E-state index in [4.69, 9.17) is 17.3 Å². The van der Waals surface area contributed by atoms with E-state index in [1.165, 1.54) is 0 Å². The second-order valence-corrected chi connectivity index (χ2v) is 6.15. The first kappa shape index (κ1) is 17.8. The van der Waals surface area contributed by atoms with Crippen molar-refractivity contribution < 1.29 is 4.79 Å². The van der Waals surface area contributed by atoms with E-state index in [2.05, 4.69) is 10.4 Å². The van der Waals surface area contributed by atoms with E-state index in [-0.39, 0.29) is 30.3 Å². The lowest BCUT2D eigenvalue weighted by molar-refractivity contribution is -0.117. The van der Waals surface area contributed by atoms with E-state index in [1.807, 2.05) is 12.1 Å². The van der Waals surface area contributed by atoms with Crippen molar-refractivity contribution in [3.05, 3.63) is 41.6 Å². The largest absolute Gasteiger partial charge is 0.327 e. The highest BCUT2D eigenvalue weighted by atomic mass is 35.5. The van der Waals surface area contributed by atoms with Gasteiger partial charge >= 0.3 is 0 Å². The monoisotopic (exact) mass is 354 g/mol. The number of hydrogen-bond acceptors (Lipinski definition) is 3. The van der Waals surface area contributed by atoms with Crippen LogP contribution < -0.4 is 11.1 Å². The molecular formula is C16H20Cl2N4O. The number of benzene rings is 1. The second-order valence-electron chi connectivity index (χ2n) is 5.72. The lowest BCUT2D eigenvalue weighted by Gasteiger charge is -2.15. The van der Waals surface area contributed by atoms with Crippen molar-refractivity contribution in [1.29, 1.82) is 0 Å². The van der Waals surface area contributed by atoms with Crippen LogP contribution in [0, 0.1) is 5.92 Å². The Kier molecular flexibility index (Phi) is 6.04. The van der Waals surface area contributed by atoms with Gasteiger partial charge in [0, 0.05) is 23.6 Å². The molecule has 5 nitrogen and oxygen atoms in total. The summed E-state index contributed by atoms with van der Waals surface area (Å²) in [6.07, 6.45) is 5.26. The maximum atomic E-state index is 12.2. The smallest absolute Gasteiger partial charge is 0.225 e. The van der Waals surface area contributed by atoms with E-state index in [0.29, 0.717) is 17.3 Å². The quantitative estimate of drug-likeness (QED) is 0.883. The van der Waals surface area contributed by atoms with Gasteiger partial charge in [-0.15, -0.1) is 12.4 Å². The zero-order chi connectivity index (χ0) is 15.5. The van der Waals surface area contributed by atoms with Gasteiger partial charge in [0.15, 0.2) is 0 Å². The first-order chi connectivity index (χ1) is 10.6. The van der Waals surface area contributed by atoms with Crippen molar-refractivity contribution in [3.8, 4) is 5.69 Å². The first-order valence-electron chi connectivity index (χ1n) is 7.49. The van der Waals surface area contributed by atoms with Crippen LogP contribution in [0.5, 0.6) is 0 Å². The van der Waals surface area contributed by atoms with Crippen LogP contribution in [0.2, 0.25) is 5.02 Å². The number of carbonyl (C=O) groups excluding carboxylic acids is 1. The van der Waals surface area contributed by atoms with E-state index >= 15 is 0 Å². The van der Waals surface area contributed by atoms with Crippen LogP contribution in [0.25, 0.3) is 5.69 Å². The number of halogens is 2. The summed E-state index contributed by atoms with van der Waals surface area (Å²) >= 11 is 6.01. The topological polar surface area (TPSA) is 72.9 Å². The van der Waals surface area contributed by atoms with E-state index in [0.717, 1.165) is 24.9 Å². The van der Waals surface area contributed by atoms with Crippen molar-refractivity contribution >= 4 is 35.7 Å². The fourth-order valence-corrected chi connectivity index (χ4v) is 3.15. The molecule has 0 radical (unpaired) electrons. The Bertz CT molecular complexity index is 674. The number of nitrogens with one attached hydrogen (secondary N) is 1. The molecule has 1 heterocycles. The number of anilines is 1. The summed E-state index contributed by atoms with van der Waals surface area (Å²) in [5, 5.41) is 7.79. The summed E-state index contributed by atoms with van der Waals surface area (Å²) in [6.45, 7) is 0. The lowest BCUT2D eigenvalue weighted by Crippen LogP contribution is -2.28. The molecule has 23 heavy (non-hydrogen) atoms. The molecule has 0 saturated heterocycles. The third-order valence-corrected chi connectivity index (χ3v) is 4.36. The van der Waals surface area contributed by atoms with Crippen LogP contribution in [0.1, 0.15) is 25.7 Å². The van der Waals surface area contributed by atoms with Gasteiger partial charge < -0.3 is 11.1 Å². The first-order valence-corrected chi connectivity index (χ1v) is 7.86. The van der Waals surface area contributed by atoms with Gasteiger partial charge in [-0.2, -0.15) is 5.10 Å². The zero-order valence-electron chi connectivity index (χ0n) is 12.6. The molecule has 1 aliphatic rings. The fourth-order valence-electron chi connectivity index (χ4n) is 2.96. The molecule has 1 amide bonds. The molecule has 1 aromatic heterocycles. The molecule has 1 aliphatic carbocycles. The van der Waals surface area contributed by atoms with Crippen LogP contribution in [0.3, 0.4) is 0 Å². The number of nitrogens with zero attached hydrogens (tertiary/aromatic N) is 2. The molecule has 1 fully saturated rings. The normalized spacial score (nSPS) is 20.1. The van der Waals surface area contributed by atoms with Gasteiger partial charge in [0.05, 0.1) is 11.9 Å². The van der Waals surface area contributed by atoms with Gasteiger partial charge in [-0.1, -0.05) is 24.1 Å². The molecule has 0 bridgehead atoms. The summed E-state index contributed by atoms with van der Waals surface area (Å²) in [4.78, 5) is 12.2. The maximum Gasteiger partial charge on any atom is 0.225 e. The van der Waals surface area contributed by atoms with E-state index in [9.17, 15) is 4.79 Å². The average molecular weight is 355 g/mol. The van der Waals surface area contributed by atoms with Crippen LogP contribution in [-0.2, 0) is 4.79 Å². The third-order valence-electron chi connectivity index (χ3n) is 4.13. The van der Waals surface area contributed by atoms with Crippen molar-refractivity contribution in [1.82, 2.24) is 9.78 Å². The SMILES string of the molecule is Cl.N[C@@H]1CCC[C@H]1CC(=O)Nc1ccnn1-c1cccc(Cl)c1. The summed E-state index contributed by atoms with van der Waals surface area (Å²) in [5.74, 6) is 0.896. The minimum absolute atomic E-state index is 0. The number of amides is 1. The molecule has 7 heteroatoms. The van der Waals surface area contributed by atoms with Crippen molar-refractivity contribution in [2.24, 2.45) is 11.7 Å². The molecule has 2 aromatic rings. The summed E-state index contributed by atoms with van der Waals surface area (Å²) in [5.41, 5.74) is 6.84. The average Bonchev–Trinajstić information content (AvgIpc) is 3.09. The van der Waals surface area contributed by atoms with Gasteiger partial charge in [-0.25, -0.2) is 4.68 Å².